The Balaban J connectivity index is 3.46. The van der Waals surface area contributed by atoms with E-state index in [1.807, 2.05) is 11.0 Å². The third-order valence-corrected chi connectivity index (χ3v) is 2.07. The maximum absolute atomic E-state index is 5.29. The monoisotopic (exact) mass is 212 g/mol. The molecule has 0 bridgehead atoms. The van der Waals surface area contributed by atoms with Crippen LogP contribution in [-0.2, 0) is 0 Å². The Kier molecular flexibility index (Phi) is 4.32. The van der Waals surface area contributed by atoms with E-state index in [-0.39, 0.29) is 20.7 Å². The maximum Gasteiger partial charge on any atom is 0.0107 e. The normalized spacial score (nSPS) is 14.3. The molecule has 0 aliphatic carbocycles. The Bertz CT molecular complexity index is 91.9. The fourth-order valence-electron chi connectivity index (χ4n) is 0.136. The minimum atomic E-state index is -0.0466. The molecule has 0 aromatic carbocycles. The number of allylic oxidation sites excluding steroid dienone is 1. The van der Waals surface area contributed by atoms with Gasteiger partial charge in [0.2, 0.25) is 0 Å². The van der Waals surface area contributed by atoms with Crippen LogP contribution in [0.5, 0.6) is 0 Å². The highest BCUT2D eigenvalue weighted by molar-refractivity contribution is 14.2. The van der Waals surface area contributed by atoms with Crippen LogP contribution in [0.4, 0.5) is 0 Å². The SMILES string of the molecule is C/C(N)=C/I=CN. The highest BCUT2D eigenvalue weighted by Crippen LogP contribution is 1.95. The summed E-state index contributed by atoms with van der Waals surface area (Å²) < 4.78 is 3.65. The van der Waals surface area contributed by atoms with Gasteiger partial charge in [-0.3, -0.25) is 0 Å². The lowest BCUT2D eigenvalue weighted by atomic mass is 10.6. The third kappa shape index (κ3) is 6.10. The van der Waals surface area contributed by atoms with Gasteiger partial charge in [0.05, 0.1) is 0 Å². The molecule has 0 unspecified atom stereocenters. The van der Waals surface area contributed by atoms with E-state index in [4.69, 9.17) is 11.5 Å². The zero-order valence-corrected chi connectivity index (χ0v) is 6.34. The largest absolute Gasteiger partial charge is 0.402 e. The van der Waals surface area contributed by atoms with Gasteiger partial charge >= 0.3 is 0 Å². The second-order valence-electron chi connectivity index (χ2n) is 1.11. The fourth-order valence-corrected chi connectivity index (χ4v) is 0.911. The van der Waals surface area contributed by atoms with E-state index in [1.165, 1.54) is 0 Å². The summed E-state index contributed by atoms with van der Waals surface area (Å²) in [5, 5.41) is 0. The van der Waals surface area contributed by atoms with Crippen molar-refractivity contribution in [3.05, 3.63) is 9.78 Å². The summed E-state index contributed by atoms with van der Waals surface area (Å²) in [6, 6.07) is 0. The van der Waals surface area contributed by atoms with Crippen LogP contribution in [0.1, 0.15) is 6.92 Å². The molecule has 0 fully saturated rings. The number of hydrogen-bond donors (Lipinski definition) is 2. The van der Waals surface area contributed by atoms with E-state index in [1.54, 1.807) is 4.14 Å². The summed E-state index contributed by atoms with van der Waals surface area (Å²) >= 11 is -0.0466. The van der Waals surface area contributed by atoms with Crippen LogP contribution in [0.15, 0.2) is 9.78 Å². The molecule has 0 atom stereocenters. The van der Waals surface area contributed by atoms with Crippen LogP contribution in [-0.4, -0.2) is 4.14 Å². The van der Waals surface area contributed by atoms with Crippen LogP contribution in [0, 0.1) is 0 Å². The highest BCUT2D eigenvalue weighted by atomic mass is 127. The van der Waals surface area contributed by atoms with Crippen LogP contribution >= 0.6 is 20.7 Å². The lowest BCUT2D eigenvalue weighted by molar-refractivity contribution is 1.34. The summed E-state index contributed by atoms with van der Waals surface area (Å²) in [4.78, 5) is 0. The molecular weight excluding hydrogens is 203 g/mol. The van der Waals surface area contributed by atoms with E-state index >= 15 is 0 Å². The van der Waals surface area contributed by atoms with Gasteiger partial charge in [-0.25, -0.2) is 0 Å². The molecule has 0 amide bonds. The molecule has 0 heterocycles. The molecule has 0 aromatic rings. The summed E-state index contributed by atoms with van der Waals surface area (Å²) in [5.74, 6) is 0. The molecule has 0 aromatic heterocycles. The van der Waals surface area contributed by atoms with E-state index in [2.05, 4.69) is 0 Å². The van der Waals surface area contributed by atoms with Crippen LogP contribution in [0.25, 0.3) is 0 Å². The molecule has 0 rings (SSSR count). The third-order valence-electron chi connectivity index (χ3n) is 0.308. The summed E-state index contributed by atoms with van der Waals surface area (Å²) in [6.07, 6.45) is 0. The number of nitrogens with two attached hydrogens (primary N) is 2. The van der Waals surface area contributed by atoms with E-state index in [0.717, 1.165) is 5.70 Å². The second-order valence-corrected chi connectivity index (χ2v) is 3.17. The Hall–Kier alpha value is 0.1000. The van der Waals surface area contributed by atoms with Gasteiger partial charge in [0.15, 0.2) is 0 Å². The number of halogens is 1. The van der Waals surface area contributed by atoms with Crippen LogP contribution in [0.2, 0.25) is 0 Å². The zero-order valence-electron chi connectivity index (χ0n) is 4.19. The second kappa shape index (κ2) is 4.26. The molecule has 0 aliphatic rings. The van der Waals surface area contributed by atoms with Gasteiger partial charge in [0.1, 0.15) is 0 Å². The standard InChI is InChI=1S/C4H9IN2/c1-4(7)2-5-3-6/h2-3H,6-7H2,1H3/b4-2-. The van der Waals surface area contributed by atoms with Crippen LogP contribution in [0.3, 0.4) is 0 Å². The van der Waals surface area contributed by atoms with Gasteiger partial charge in [-0.05, 0) is 11.0 Å². The summed E-state index contributed by atoms with van der Waals surface area (Å²) in [6.45, 7) is 1.86. The van der Waals surface area contributed by atoms with E-state index in [0.29, 0.717) is 0 Å². The predicted molar refractivity (Wildman–Crippen MR) is 42.2 cm³/mol. The van der Waals surface area contributed by atoms with Crippen molar-refractivity contribution in [2.75, 3.05) is 0 Å². The van der Waals surface area contributed by atoms with Gasteiger partial charge < -0.3 is 11.5 Å². The Labute approximate surface area is 53.3 Å². The summed E-state index contributed by atoms with van der Waals surface area (Å²) in [7, 11) is 0. The van der Waals surface area contributed by atoms with Crippen molar-refractivity contribution in [2.24, 2.45) is 11.5 Å². The Morgan fingerprint density at radius 3 is 2.43 bits per heavy atom. The molecule has 4 N–H and O–H groups in total. The maximum atomic E-state index is 5.29. The van der Waals surface area contributed by atoms with Gasteiger partial charge in [0, 0.05) is 9.83 Å². The highest BCUT2D eigenvalue weighted by Gasteiger charge is 1.66. The van der Waals surface area contributed by atoms with Crippen molar-refractivity contribution in [3.63, 3.8) is 0 Å². The molecule has 0 aliphatic heterocycles. The average Bonchev–Trinajstić information content (AvgIpc) is 1.61. The fraction of sp³-hybridized carbons (Fsp3) is 0.250. The first-order valence-corrected chi connectivity index (χ1v) is 4.34. The average molecular weight is 212 g/mol. The van der Waals surface area contributed by atoms with Gasteiger partial charge in [-0.15, -0.1) is 0 Å². The molecule has 0 radical (unpaired) electrons. The van der Waals surface area contributed by atoms with E-state index < -0.39 is 0 Å². The molecule has 7 heavy (non-hydrogen) atoms. The Morgan fingerprint density at radius 2 is 2.29 bits per heavy atom. The van der Waals surface area contributed by atoms with Gasteiger partial charge in [-0.2, -0.15) is 0 Å². The molecule has 42 valence electrons. The van der Waals surface area contributed by atoms with Crippen molar-refractivity contribution in [2.45, 2.75) is 6.92 Å². The van der Waals surface area contributed by atoms with Crippen LogP contribution < -0.4 is 11.5 Å². The molecule has 2 nitrogen and oxygen atoms in total. The zero-order chi connectivity index (χ0) is 5.70. The van der Waals surface area contributed by atoms with E-state index in [9.17, 15) is 0 Å². The van der Waals surface area contributed by atoms with Gasteiger partial charge in [-0.1, -0.05) is 20.7 Å². The van der Waals surface area contributed by atoms with Crippen molar-refractivity contribution in [3.8, 4) is 0 Å². The molecular formula is C4H9IN2. The topological polar surface area (TPSA) is 52.0 Å². The minimum Gasteiger partial charge on any atom is -0.402 e. The van der Waals surface area contributed by atoms with Crippen molar-refractivity contribution in [1.29, 1.82) is 0 Å². The smallest absolute Gasteiger partial charge is 0.0107 e. The minimum absolute atomic E-state index is 0.0466. The van der Waals surface area contributed by atoms with Gasteiger partial charge in [0.25, 0.3) is 0 Å². The Morgan fingerprint density at radius 1 is 1.71 bits per heavy atom. The quantitative estimate of drug-likeness (QED) is 0.621. The number of rotatable bonds is 1. The number of hydrogen-bond acceptors (Lipinski definition) is 2. The summed E-state index contributed by atoms with van der Waals surface area (Å²) in [5.41, 5.74) is 11.3. The lowest BCUT2D eigenvalue weighted by Crippen LogP contribution is -1.87. The molecule has 3 heteroatoms. The molecule has 0 saturated heterocycles. The molecule has 0 spiro atoms. The first kappa shape index (κ1) is 7.10. The predicted octanol–water partition coefficient (Wildman–Crippen LogP) is 0.496. The van der Waals surface area contributed by atoms with Crippen molar-refractivity contribution in [1.82, 2.24) is 0 Å². The van der Waals surface area contributed by atoms with Crippen molar-refractivity contribution < 1.29 is 0 Å². The first-order valence-electron chi connectivity index (χ1n) is 1.85. The molecule has 0 saturated carbocycles. The van der Waals surface area contributed by atoms with Crippen molar-refractivity contribution >= 4 is 24.9 Å². The lowest BCUT2D eigenvalue weighted by Gasteiger charge is -1.79. The first-order chi connectivity index (χ1) is 3.27.